The number of hydrogen-bond acceptors (Lipinski definition) is 5. The third-order valence-corrected chi connectivity index (χ3v) is 7.45. The zero-order valence-electron chi connectivity index (χ0n) is 19.0. The molecule has 1 saturated heterocycles. The van der Waals surface area contributed by atoms with E-state index in [9.17, 15) is 14.0 Å². The van der Waals surface area contributed by atoms with Gasteiger partial charge in [-0.15, -0.1) is 0 Å². The highest BCUT2D eigenvalue weighted by Gasteiger charge is 2.33. The molecule has 3 heterocycles. The zero-order chi connectivity index (χ0) is 23.8. The maximum absolute atomic E-state index is 14.1. The van der Waals surface area contributed by atoms with Crippen LogP contribution in [-0.4, -0.2) is 60.0 Å². The Labute approximate surface area is 201 Å². The van der Waals surface area contributed by atoms with Gasteiger partial charge in [0.1, 0.15) is 11.5 Å². The molecule has 1 aliphatic heterocycles. The first-order valence-electron chi connectivity index (χ1n) is 11.6. The molecule has 34 heavy (non-hydrogen) atoms. The molecule has 2 fully saturated rings. The Morgan fingerprint density at radius 1 is 1.21 bits per heavy atom. The molecule has 5 rings (SSSR count). The maximum atomic E-state index is 14.1. The molecule has 2 aliphatic rings. The number of anilines is 1. The summed E-state index contributed by atoms with van der Waals surface area (Å²) in [5.74, 6) is -0.475. The van der Waals surface area contributed by atoms with E-state index in [2.05, 4.69) is 25.1 Å². The Hall–Kier alpha value is -2.97. The molecule has 3 aromatic rings. The molecule has 2 atom stereocenters. The van der Waals surface area contributed by atoms with Crippen LogP contribution in [0.15, 0.2) is 41.3 Å². The number of nitrogens with zero attached hydrogens (tertiary/aromatic N) is 3. The van der Waals surface area contributed by atoms with E-state index < -0.39 is 5.82 Å². The molecule has 1 amide bonds. The summed E-state index contributed by atoms with van der Waals surface area (Å²) in [5.41, 5.74) is 1.70. The average Bonchev–Trinajstić information content (AvgIpc) is 3.34. The minimum atomic E-state index is -0.481. The summed E-state index contributed by atoms with van der Waals surface area (Å²) in [5, 5.41) is 3.87. The van der Waals surface area contributed by atoms with Crippen molar-refractivity contribution in [1.82, 2.24) is 20.2 Å². The molecule has 1 saturated carbocycles. The van der Waals surface area contributed by atoms with Gasteiger partial charge in [-0.2, -0.15) is 0 Å². The SMILES string of the molecule is CNC(=O)c1cc(Cl)c(N2CCN([C@@H]3CC[C@@H](c4cc5cccc(F)c5c(=O)[nH]4)C3)CC2)cn1. The van der Waals surface area contributed by atoms with Crippen LogP contribution in [0.3, 0.4) is 0 Å². The second-order valence-electron chi connectivity index (χ2n) is 9.04. The average molecular weight is 484 g/mol. The number of fused-ring (bicyclic) bond motifs is 1. The van der Waals surface area contributed by atoms with Gasteiger partial charge in [-0.05, 0) is 42.8 Å². The van der Waals surface area contributed by atoms with Crippen molar-refractivity contribution >= 4 is 34.0 Å². The fourth-order valence-corrected chi connectivity index (χ4v) is 5.60. The standard InChI is InChI=1S/C25H27ClFN5O2/c1-28-24(33)21-13-18(26)22(14-29-21)32-9-7-31(8-10-32)17-6-5-15(11-17)20-12-16-3-2-4-19(27)23(16)25(34)30-20/h2-4,12-15,17H,5-11H2,1H3,(H,28,33)(H,30,34)/t15-,17-/m1/s1. The number of nitrogens with one attached hydrogen (secondary N) is 2. The summed E-state index contributed by atoms with van der Waals surface area (Å²) in [4.78, 5) is 36.2. The van der Waals surface area contributed by atoms with Gasteiger partial charge in [-0.3, -0.25) is 14.5 Å². The van der Waals surface area contributed by atoms with Crippen LogP contribution in [0.2, 0.25) is 5.02 Å². The van der Waals surface area contributed by atoms with E-state index in [1.54, 1.807) is 31.4 Å². The summed E-state index contributed by atoms with van der Waals surface area (Å²) in [6.07, 6.45) is 4.71. The minimum absolute atomic E-state index is 0.133. The predicted molar refractivity (Wildman–Crippen MR) is 131 cm³/mol. The molecule has 0 bridgehead atoms. The third kappa shape index (κ3) is 4.28. The van der Waals surface area contributed by atoms with E-state index in [-0.39, 0.29) is 22.8 Å². The molecule has 2 aromatic heterocycles. The number of aromatic nitrogens is 2. The number of carbonyl (C=O) groups is 1. The van der Waals surface area contributed by atoms with E-state index in [0.717, 1.165) is 56.8 Å². The monoisotopic (exact) mass is 483 g/mol. The summed E-state index contributed by atoms with van der Waals surface area (Å²) >= 11 is 6.45. The molecular weight excluding hydrogens is 457 g/mol. The molecule has 2 N–H and O–H groups in total. The smallest absolute Gasteiger partial charge is 0.269 e. The lowest BCUT2D eigenvalue weighted by molar-refractivity contribution is 0.0958. The molecule has 1 aliphatic carbocycles. The number of halogens is 2. The lowest BCUT2D eigenvalue weighted by atomic mass is 10.00. The normalized spacial score (nSPS) is 21.2. The first kappa shape index (κ1) is 22.8. The van der Waals surface area contributed by atoms with Gasteiger partial charge < -0.3 is 15.2 Å². The van der Waals surface area contributed by atoms with Crippen LogP contribution in [-0.2, 0) is 0 Å². The van der Waals surface area contributed by atoms with E-state index in [1.165, 1.54) is 6.07 Å². The van der Waals surface area contributed by atoms with Crippen LogP contribution in [0.4, 0.5) is 10.1 Å². The van der Waals surface area contributed by atoms with Gasteiger partial charge in [0.25, 0.3) is 11.5 Å². The Bertz CT molecular complexity index is 1290. The number of benzene rings is 1. The minimum Gasteiger partial charge on any atom is -0.367 e. The van der Waals surface area contributed by atoms with E-state index in [0.29, 0.717) is 22.1 Å². The number of pyridine rings is 2. The summed E-state index contributed by atoms with van der Waals surface area (Å²) in [6.45, 7) is 3.47. The van der Waals surface area contributed by atoms with Crippen molar-refractivity contribution in [2.24, 2.45) is 0 Å². The topological polar surface area (TPSA) is 81.3 Å². The number of amides is 1. The van der Waals surface area contributed by atoms with E-state index in [1.807, 2.05) is 6.07 Å². The molecule has 178 valence electrons. The fraction of sp³-hybridized carbons (Fsp3) is 0.400. The van der Waals surface area contributed by atoms with Gasteiger partial charge in [-0.1, -0.05) is 23.7 Å². The van der Waals surface area contributed by atoms with Crippen molar-refractivity contribution in [2.45, 2.75) is 31.2 Å². The quantitative estimate of drug-likeness (QED) is 0.593. The number of rotatable bonds is 4. The Morgan fingerprint density at radius 3 is 2.74 bits per heavy atom. The van der Waals surface area contributed by atoms with Crippen molar-refractivity contribution in [2.75, 3.05) is 38.1 Å². The van der Waals surface area contributed by atoms with Crippen molar-refractivity contribution in [3.63, 3.8) is 0 Å². The lowest BCUT2D eigenvalue weighted by Gasteiger charge is -2.39. The number of H-pyrrole nitrogens is 1. The molecule has 0 spiro atoms. The first-order valence-corrected chi connectivity index (χ1v) is 12.0. The van der Waals surface area contributed by atoms with Crippen molar-refractivity contribution < 1.29 is 9.18 Å². The largest absolute Gasteiger partial charge is 0.367 e. The Morgan fingerprint density at radius 2 is 2.00 bits per heavy atom. The third-order valence-electron chi connectivity index (χ3n) is 7.15. The zero-order valence-corrected chi connectivity index (χ0v) is 19.7. The highest BCUT2D eigenvalue weighted by atomic mass is 35.5. The van der Waals surface area contributed by atoms with Gasteiger partial charge >= 0.3 is 0 Å². The maximum Gasteiger partial charge on any atom is 0.269 e. The molecule has 9 heteroatoms. The molecule has 0 unspecified atom stereocenters. The van der Waals surface area contributed by atoms with Gasteiger partial charge in [0, 0.05) is 50.9 Å². The highest BCUT2D eigenvalue weighted by Crippen LogP contribution is 2.37. The van der Waals surface area contributed by atoms with Crippen molar-refractivity contribution in [3.8, 4) is 0 Å². The van der Waals surface area contributed by atoms with Gasteiger partial charge in [0.2, 0.25) is 0 Å². The van der Waals surface area contributed by atoms with Crippen LogP contribution in [0, 0.1) is 5.82 Å². The lowest BCUT2D eigenvalue weighted by Crippen LogP contribution is -2.50. The van der Waals surface area contributed by atoms with Gasteiger partial charge in [0.05, 0.1) is 22.3 Å². The molecule has 1 aromatic carbocycles. The van der Waals surface area contributed by atoms with Crippen LogP contribution < -0.4 is 15.8 Å². The predicted octanol–water partition coefficient (Wildman–Crippen LogP) is 3.53. The second kappa shape index (κ2) is 9.35. The molecule has 0 radical (unpaired) electrons. The summed E-state index contributed by atoms with van der Waals surface area (Å²) in [6, 6.07) is 8.75. The number of carbonyl (C=O) groups excluding carboxylic acids is 1. The van der Waals surface area contributed by atoms with Gasteiger partial charge in [0.15, 0.2) is 0 Å². The van der Waals surface area contributed by atoms with Crippen molar-refractivity contribution in [3.05, 3.63) is 69.1 Å². The number of aromatic amines is 1. The van der Waals surface area contributed by atoms with Crippen molar-refractivity contribution in [1.29, 1.82) is 0 Å². The van der Waals surface area contributed by atoms with Crippen LogP contribution in [0.1, 0.15) is 41.4 Å². The van der Waals surface area contributed by atoms with Crippen LogP contribution in [0.5, 0.6) is 0 Å². The second-order valence-corrected chi connectivity index (χ2v) is 9.45. The van der Waals surface area contributed by atoms with E-state index in [4.69, 9.17) is 11.6 Å². The highest BCUT2D eigenvalue weighted by molar-refractivity contribution is 6.33. The van der Waals surface area contributed by atoms with Gasteiger partial charge in [-0.25, -0.2) is 9.37 Å². The molecule has 7 nitrogen and oxygen atoms in total. The van der Waals surface area contributed by atoms with Crippen LogP contribution in [0.25, 0.3) is 10.8 Å². The number of hydrogen-bond donors (Lipinski definition) is 2. The summed E-state index contributed by atoms with van der Waals surface area (Å²) < 4.78 is 14.1. The van der Waals surface area contributed by atoms with E-state index >= 15 is 0 Å². The summed E-state index contributed by atoms with van der Waals surface area (Å²) in [7, 11) is 1.57. The Balaban J connectivity index is 1.23. The Kier molecular flexibility index (Phi) is 6.27. The number of piperazine rings is 1. The fourth-order valence-electron chi connectivity index (χ4n) is 5.33. The molecular formula is C25H27ClFN5O2. The van der Waals surface area contributed by atoms with Crippen LogP contribution >= 0.6 is 11.6 Å². The first-order chi connectivity index (χ1) is 16.4.